The highest BCUT2D eigenvalue weighted by atomic mass is 32.2. The Labute approximate surface area is 203 Å². The Kier molecular flexibility index (Phi) is 6.37. The second-order valence-electron chi connectivity index (χ2n) is 7.95. The van der Waals surface area contributed by atoms with E-state index in [1.165, 1.54) is 24.3 Å². The summed E-state index contributed by atoms with van der Waals surface area (Å²) < 4.78 is 48.1. The number of ether oxygens (including phenoxy) is 1. The van der Waals surface area contributed by atoms with Crippen LogP contribution in [0, 0.1) is 6.92 Å². The monoisotopic (exact) mass is 502 g/mol. The van der Waals surface area contributed by atoms with Crippen LogP contribution in [0.3, 0.4) is 0 Å². The summed E-state index contributed by atoms with van der Waals surface area (Å²) in [5, 5.41) is 8.51. The minimum absolute atomic E-state index is 0.217. The summed E-state index contributed by atoms with van der Waals surface area (Å²) in [5.74, 6) is 3.36. The summed E-state index contributed by atoms with van der Waals surface area (Å²) in [6.45, 7) is 4.49. The number of thioether (sulfide) groups is 1. The van der Waals surface area contributed by atoms with Gasteiger partial charge in [0.2, 0.25) is 5.82 Å². The highest BCUT2D eigenvalue weighted by Gasteiger charge is 2.31. The number of hydrogen-bond acceptors (Lipinski definition) is 8. The Morgan fingerprint density at radius 2 is 1.86 bits per heavy atom. The van der Waals surface area contributed by atoms with Gasteiger partial charge in [0.05, 0.1) is 6.54 Å². The fraction of sp³-hybridized carbons (Fsp3) is 0.304. The molecule has 12 heteroatoms. The maximum atomic E-state index is 12.3. The molecule has 0 amide bonds. The third kappa shape index (κ3) is 5.59. The van der Waals surface area contributed by atoms with Crippen molar-refractivity contribution in [1.82, 2.24) is 24.9 Å². The van der Waals surface area contributed by atoms with E-state index in [1.807, 2.05) is 41.7 Å². The minimum Gasteiger partial charge on any atom is -0.406 e. The van der Waals surface area contributed by atoms with Crippen molar-refractivity contribution in [3.8, 4) is 28.7 Å². The zero-order chi connectivity index (χ0) is 24.4. The Hall–Kier alpha value is -3.54. The molecule has 1 aliphatic heterocycles. The first-order valence-electron chi connectivity index (χ1n) is 10.9. The van der Waals surface area contributed by atoms with Gasteiger partial charge >= 0.3 is 6.36 Å². The van der Waals surface area contributed by atoms with Crippen LogP contribution in [0.2, 0.25) is 0 Å². The van der Waals surface area contributed by atoms with Gasteiger partial charge in [-0.1, -0.05) is 11.2 Å². The Morgan fingerprint density at radius 3 is 2.54 bits per heavy atom. The molecular weight excluding hydrogens is 481 g/mol. The Balaban J connectivity index is 1.27. The quantitative estimate of drug-likeness (QED) is 0.372. The van der Waals surface area contributed by atoms with E-state index in [-0.39, 0.29) is 17.5 Å². The average molecular weight is 503 g/mol. The molecule has 0 radical (unpaired) electrons. The number of halogens is 3. The molecule has 0 unspecified atom stereocenters. The number of alkyl halides is 3. The summed E-state index contributed by atoms with van der Waals surface area (Å²) >= 11 is 1.96. The van der Waals surface area contributed by atoms with Gasteiger partial charge in [-0.3, -0.25) is 4.68 Å². The summed E-state index contributed by atoms with van der Waals surface area (Å²) in [4.78, 5) is 11.3. The lowest BCUT2D eigenvalue weighted by atomic mass is 10.2. The summed E-state index contributed by atoms with van der Waals surface area (Å²) in [7, 11) is 0. The van der Waals surface area contributed by atoms with Crippen molar-refractivity contribution in [3.05, 3.63) is 59.9 Å². The second-order valence-corrected chi connectivity index (χ2v) is 9.17. The van der Waals surface area contributed by atoms with Crippen LogP contribution in [-0.2, 0) is 6.54 Å². The largest absolute Gasteiger partial charge is 0.573 e. The van der Waals surface area contributed by atoms with Gasteiger partial charge in [0.1, 0.15) is 11.6 Å². The van der Waals surface area contributed by atoms with Crippen LogP contribution in [0.5, 0.6) is 5.75 Å². The van der Waals surface area contributed by atoms with Crippen molar-refractivity contribution < 1.29 is 22.4 Å². The third-order valence-corrected chi connectivity index (χ3v) is 6.39. The molecule has 0 saturated carbocycles. The van der Waals surface area contributed by atoms with Gasteiger partial charge in [0, 0.05) is 42.0 Å². The number of pyridine rings is 1. The third-order valence-electron chi connectivity index (χ3n) is 5.45. The first-order chi connectivity index (χ1) is 16.8. The normalized spacial score (nSPS) is 14.3. The molecule has 1 saturated heterocycles. The molecule has 0 atom stereocenters. The van der Waals surface area contributed by atoms with Crippen LogP contribution in [0.25, 0.3) is 23.0 Å². The summed E-state index contributed by atoms with van der Waals surface area (Å²) in [5.41, 5.74) is 2.92. The lowest BCUT2D eigenvalue weighted by Crippen LogP contribution is -2.33. The van der Waals surface area contributed by atoms with Gasteiger partial charge in [-0.2, -0.15) is 21.8 Å². The molecule has 3 aromatic heterocycles. The van der Waals surface area contributed by atoms with Crippen LogP contribution in [0.4, 0.5) is 19.0 Å². The number of rotatable bonds is 6. The van der Waals surface area contributed by atoms with E-state index in [0.717, 1.165) is 41.7 Å². The highest BCUT2D eigenvalue weighted by Crippen LogP contribution is 2.27. The predicted octanol–water partition coefficient (Wildman–Crippen LogP) is 4.80. The van der Waals surface area contributed by atoms with Crippen LogP contribution < -0.4 is 9.64 Å². The number of aryl methyl sites for hydroxylation is 1. The van der Waals surface area contributed by atoms with Gasteiger partial charge in [0.15, 0.2) is 5.69 Å². The first kappa shape index (κ1) is 23.2. The van der Waals surface area contributed by atoms with Crippen molar-refractivity contribution >= 4 is 17.6 Å². The molecule has 5 rings (SSSR count). The molecule has 1 aromatic carbocycles. The SMILES string of the molecule is Cc1cc(-c2nc(-c3ccc(OC(F)(F)F)cc3)no2)nn1Cc1ccc(N2CCSCC2)nc1. The number of aromatic nitrogens is 5. The zero-order valence-electron chi connectivity index (χ0n) is 18.7. The Bertz CT molecular complexity index is 1280. The highest BCUT2D eigenvalue weighted by molar-refractivity contribution is 7.99. The zero-order valence-corrected chi connectivity index (χ0v) is 19.5. The topological polar surface area (TPSA) is 82.1 Å². The number of hydrogen-bond donors (Lipinski definition) is 0. The maximum Gasteiger partial charge on any atom is 0.573 e. The first-order valence-corrected chi connectivity index (χ1v) is 12.0. The standard InChI is InChI=1S/C23H21F3N6O2S/c1-15-12-19(22-28-21(30-34-22)17-3-5-18(6-4-17)33-23(24,25)26)29-32(15)14-16-2-7-20(27-13-16)31-8-10-35-11-9-31/h2-7,12-13H,8-11,14H2,1H3. The lowest BCUT2D eigenvalue weighted by molar-refractivity contribution is -0.274. The molecule has 0 spiro atoms. The van der Waals surface area contributed by atoms with E-state index in [0.29, 0.717) is 17.8 Å². The van der Waals surface area contributed by atoms with Gasteiger partial charge in [0.25, 0.3) is 5.89 Å². The van der Waals surface area contributed by atoms with Crippen molar-refractivity contribution in [2.24, 2.45) is 0 Å². The van der Waals surface area contributed by atoms with E-state index < -0.39 is 6.36 Å². The van der Waals surface area contributed by atoms with E-state index in [4.69, 9.17) is 4.52 Å². The van der Waals surface area contributed by atoms with Gasteiger partial charge in [-0.05, 0) is 48.9 Å². The maximum absolute atomic E-state index is 12.3. The minimum atomic E-state index is -4.75. The van der Waals surface area contributed by atoms with Gasteiger partial charge < -0.3 is 14.2 Å². The molecule has 4 heterocycles. The van der Waals surface area contributed by atoms with Crippen LogP contribution in [-0.4, -0.2) is 55.9 Å². The van der Waals surface area contributed by atoms with E-state index in [2.05, 4.69) is 35.9 Å². The Morgan fingerprint density at radius 1 is 1.09 bits per heavy atom. The van der Waals surface area contributed by atoms with E-state index in [9.17, 15) is 13.2 Å². The van der Waals surface area contributed by atoms with Crippen LogP contribution in [0.1, 0.15) is 11.3 Å². The molecular formula is C23H21F3N6O2S. The second kappa shape index (κ2) is 9.61. The smallest absolute Gasteiger partial charge is 0.406 e. The fourth-order valence-corrected chi connectivity index (χ4v) is 4.59. The lowest BCUT2D eigenvalue weighted by Gasteiger charge is -2.27. The van der Waals surface area contributed by atoms with Crippen molar-refractivity contribution in [3.63, 3.8) is 0 Å². The van der Waals surface area contributed by atoms with Crippen molar-refractivity contribution in [1.29, 1.82) is 0 Å². The summed E-state index contributed by atoms with van der Waals surface area (Å²) in [6, 6.07) is 11.2. The summed E-state index contributed by atoms with van der Waals surface area (Å²) in [6.07, 6.45) is -2.88. The molecule has 8 nitrogen and oxygen atoms in total. The molecule has 182 valence electrons. The van der Waals surface area contributed by atoms with Gasteiger partial charge in [-0.15, -0.1) is 13.2 Å². The molecule has 0 N–H and O–H groups in total. The molecule has 4 aromatic rings. The van der Waals surface area contributed by atoms with E-state index >= 15 is 0 Å². The molecule has 35 heavy (non-hydrogen) atoms. The molecule has 1 aliphatic rings. The molecule has 0 bridgehead atoms. The number of anilines is 1. The van der Waals surface area contributed by atoms with Crippen LogP contribution in [0.15, 0.2) is 53.2 Å². The fourth-order valence-electron chi connectivity index (χ4n) is 3.69. The molecule has 1 fully saturated rings. The average Bonchev–Trinajstić information content (AvgIpc) is 3.47. The van der Waals surface area contributed by atoms with Crippen molar-refractivity contribution in [2.45, 2.75) is 19.8 Å². The predicted molar refractivity (Wildman–Crippen MR) is 125 cm³/mol. The molecule has 0 aliphatic carbocycles. The van der Waals surface area contributed by atoms with Crippen molar-refractivity contribution in [2.75, 3.05) is 29.5 Å². The van der Waals surface area contributed by atoms with Crippen LogP contribution >= 0.6 is 11.8 Å². The number of benzene rings is 1. The van der Waals surface area contributed by atoms with E-state index in [1.54, 1.807) is 0 Å². The number of nitrogens with zero attached hydrogens (tertiary/aromatic N) is 6. The van der Waals surface area contributed by atoms with Gasteiger partial charge in [-0.25, -0.2) is 4.98 Å².